The summed E-state index contributed by atoms with van der Waals surface area (Å²) in [6, 6.07) is 1.04. The predicted molar refractivity (Wildman–Crippen MR) is 66.4 cm³/mol. The van der Waals surface area contributed by atoms with E-state index in [1.807, 2.05) is 0 Å². The number of nitrogens with one attached hydrogen (secondary N) is 1. The molecule has 1 saturated heterocycles. The van der Waals surface area contributed by atoms with E-state index in [0.29, 0.717) is 25.2 Å². The van der Waals surface area contributed by atoms with Crippen LogP contribution in [0.2, 0.25) is 0 Å². The lowest BCUT2D eigenvalue weighted by atomic mass is 10.2. The zero-order chi connectivity index (χ0) is 13.3. The van der Waals surface area contributed by atoms with Gasteiger partial charge in [-0.15, -0.1) is 0 Å². The van der Waals surface area contributed by atoms with Gasteiger partial charge in [0, 0.05) is 25.9 Å². The largest absolute Gasteiger partial charge is 0.308 e. The van der Waals surface area contributed by atoms with Gasteiger partial charge in [0.15, 0.2) is 5.82 Å². The van der Waals surface area contributed by atoms with Crippen LogP contribution in [0.25, 0.3) is 0 Å². The summed E-state index contributed by atoms with van der Waals surface area (Å²) in [5, 5.41) is 6.66. The lowest BCUT2D eigenvalue weighted by molar-refractivity contribution is -0.119. The Morgan fingerprint density at radius 1 is 1.56 bits per heavy atom. The third-order valence-corrected chi connectivity index (χ3v) is 4.19. The van der Waals surface area contributed by atoms with E-state index >= 15 is 0 Å². The molecular weight excluding hydrogens is 256 g/mol. The van der Waals surface area contributed by atoms with Crippen molar-refractivity contribution in [3.63, 3.8) is 0 Å². The molecule has 1 aliphatic heterocycles. The highest BCUT2D eigenvalue weighted by Crippen LogP contribution is 2.21. The summed E-state index contributed by atoms with van der Waals surface area (Å²) in [5.41, 5.74) is 0. The van der Waals surface area contributed by atoms with E-state index < -0.39 is 16.1 Å². The Morgan fingerprint density at radius 2 is 2.28 bits per heavy atom. The second-order valence-electron chi connectivity index (χ2n) is 4.40. The Bertz CT molecular complexity index is 551. The summed E-state index contributed by atoms with van der Waals surface area (Å²) >= 11 is 0. The van der Waals surface area contributed by atoms with E-state index in [2.05, 4.69) is 10.4 Å². The first kappa shape index (κ1) is 13.0. The van der Waals surface area contributed by atoms with E-state index in [9.17, 15) is 13.2 Å². The van der Waals surface area contributed by atoms with Crippen molar-refractivity contribution < 1.29 is 13.2 Å². The number of hydrogen-bond acceptors (Lipinski definition) is 4. The van der Waals surface area contributed by atoms with Crippen LogP contribution in [0, 0.1) is 0 Å². The summed E-state index contributed by atoms with van der Waals surface area (Å²) < 4.78 is 25.9. The van der Waals surface area contributed by atoms with Crippen LogP contribution in [0.4, 0.5) is 5.82 Å². The SMILES string of the molecule is Cn1ccc(NC(=O)C2CCCN2S(C)(=O)=O)n1. The van der Waals surface area contributed by atoms with Crippen molar-refractivity contribution in [2.24, 2.45) is 7.05 Å². The summed E-state index contributed by atoms with van der Waals surface area (Å²) in [4.78, 5) is 12.0. The van der Waals surface area contributed by atoms with Crippen molar-refractivity contribution in [3.05, 3.63) is 12.3 Å². The van der Waals surface area contributed by atoms with Crippen LogP contribution in [0.5, 0.6) is 0 Å². The maximum Gasteiger partial charge on any atom is 0.244 e. The molecule has 0 bridgehead atoms. The Hall–Kier alpha value is -1.41. The number of carbonyl (C=O) groups excluding carboxylic acids is 1. The van der Waals surface area contributed by atoms with Crippen molar-refractivity contribution in [2.45, 2.75) is 18.9 Å². The number of hydrogen-bond donors (Lipinski definition) is 1. The molecule has 1 fully saturated rings. The fourth-order valence-corrected chi connectivity index (χ4v) is 3.21. The van der Waals surface area contributed by atoms with Gasteiger partial charge < -0.3 is 5.32 Å². The molecule has 1 N–H and O–H groups in total. The molecule has 0 saturated carbocycles. The van der Waals surface area contributed by atoms with Gasteiger partial charge in [-0.2, -0.15) is 9.40 Å². The zero-order valence-corrected chi connectivity index (χ0v) is 11.1. The molecule has 1 unspecified atom stereocenters. The Labute approximate surface area is 106 Å². The molecule has 0 radical (unpaired) electrons. The zero-order valence-electron chi connectivity index (χ0n) is 10.3. The molecule has 18 heavy (non-hydrogen) atoms. The van der Waals surface area contributed by atoms with Crippen molar-refractivity contribution in [2.75, 3.05) is 18.1 Å². The van der Waals surface area contributed by atoms with Gasteiger partial charge in [-0.1, -0.05) is 0 Å². The number of nitrogens with zero attached hydrogens (tertiary/aromatic N) is 3. The minimum absolute atomic E-state index is 0.323. The van der Waals surface area contributed by atoms with Crippen molar-refractivity contribution in [1.29, 1.82) is 0 Å². The highest BCUT2D eigenvalue weighted by molar-refractivity contribution is 7.88. The van der Waals surface area contributed by atoms with Crippen molar-refractivity contribution in [3.8, 4) is 0 Å². The molecule has 0 aromatic carbocycles. The second kappa shape index (κ2) is 4.69. The first-order valence-electron chi connectivity index (χ1n) is 5.65. The summed E-state index contributed by atoms with van der Waals surface area (Å²) in [5.74, 6) is 0.111. The monoisotopic (exact) mass is 272 g/mol. The van der Waals surface area contributed by atoms with Crippen LogP contribution in [0.3, 0.4) is 0 Å². The van der Waals surface area contributed by atoms with Crippen LogP contribution < -0.4 is 5.32 Å². The molecule has 1 atom stereocenters. The van der Waals surface area contributed by atoms with Gasteiger partial charge in [0.1, 0.15) is 6.04 Å². The van der Waals surface area contributed by atoms with Crippen LogP contribution in [0.1, 0.15) is 12.8 Å². The van der Waals surface area contributed by atoms with Crippen molar-refractivity contribution >= 4 is 21.7 Å². The molecule has 1 aliphatic rings. The third kappa shape index (κ3) is 2.70. The third-order valence-electron chi connectivity index (χ3n) is 2.90. The fraction of sp³-hybridized carbons (Fsp3) is 0.600. The van der Waals surface area contributed by atoms with Crippen LogP contribution in [0.15, 0.2) is 12.3 Å². The molecule has 1 aromatic rings. The molecule has 8 heteroatoms. The van der Waals surface area contributed by atoms with E-state index in [0.717, 1.165) is 6.26 Å². The first-order chi connectivity index (χ1) is 8.38. The van der Waals surface area contributed by atoms with Crippen molar-refractivity contribution in [1.82, 2.24) is 14.1 Å². The van der Waals surface area contributed by atoms with Gasteiger partial charge in [-0.3, -0.25) is 9.48 Å². The average Bonchev–Trinajstić information content (AvgIpc) is 2.85. The smallest absolute Gasteiger partial charge is 0.244 e. The topological polar surface area (TPSA) is 84.3 Å². The minimum Gasteiger partial charge on any atom is -0.308 e. The van der Waals surface area contributed by atoms with Gasteiger partial charge in [0.05, 0.1) is 6.26 Å². The molecule has 7 nitrogen and oxygen atoms in total. The second-order valence-corrected chi connectivity index (χ2v) is 6.33. The van der Waals surface area contributed by atoms with E-state index in [-0.39, 0.29) is 5.91 Å². The number of anilines is 1. The molecule has 1 amide bonds. The molecular formula is C10H16N4O3S. The summed E-state index contributed by atoms with van der Waals surface area (Å²) in [6.45, 7) is 0.402. The maximum atomic E-state index is 12.0. The maximum absolute atomic E-state index is 12.0. The van der Waals surface area contributed by atoms with E-state index in [1.54, 1.807) is 24.0 Å². The van der Waals surface area contributed by atoms with Gasteiger partial charge in [0.2, 0.25) is 15.9 Å². The molecule has 2 rings (SSSR count). The lowest BCUT2D eigenvalue weighted by Crippen LogP contribution is -2.42. The van der Waals surface area contributed by atoms with E-state index in [1.165, 1.54) is 4.31 Å². The number of amides is 1. The van der Waals surface area contributed by atoms with Gasteiger partial charge in [-0.05, 0) is 12.8 Å². The fourth-order valence-electron chi connectivity index (χ4n) is 2.09. The Balaban J connectivity index is 2.09. The van der Waals surface area contributed by atoms with Gasteiger partial charge in [-0.25, -0.2) is 8.42 Å². The predicted octanol–water partition coefficient (Wildman–Crippen LogP) is -0.217. The highest BCUT2D eigenvalue weighted by atomic mass is 32.2. The summed E-state index contributed by atoms with van der Waals surface area (Å²) in [7, 11) is -1.59. The lowest BCUT2D eigenvalue weighted by Gasteiger charge is -2.20. The average molecular weight is 272 g/mol. The minimum atomic E-state index is -3.34. The van der Waals surface area contributed by atoms with Gasteiger partial charge in [0.25, 0.3) is 0 Å². The van der Waals surface area contributed by atoms with Crippen LogP contribution in [-0.4, -0.2) is 47.3 Å². The molecule has 0 spiro atoms. The number of aryl methyl sites for hydroxylation is 1. The summed E-state index contributed by atoms with van der Waals surface area (Å²) in [6.07, 6.45) is 4.08. The first-order valence-corrected chi connectivity index (χ1v) is 7.50. The molecule has 0 aliphatic carbocycles. The van der Waals surface area contributed by atoms with E-state index in [4.69, 9.17) is 0 Å². The normalized spacial score (nSPS) is 21.1. The number of carbonyl (C=O) groups is 1. The number of rotatable bonds is 3. The highest BCUT2D eigenvalue weighted by Gasteiger charge is 2.36. The van der Waals surface area contributed by atoms with Crippen LogP contribution >= 0.6 is 0 Å². The van der Waals surface area contributed by atoms with Crippen LogP contribution in [-0.2, 0) is 21.9 Å². The Morgan fingerprint density at radius 3 is 2.83 bits per heavy atom. The molecule has 1 aromatic heterocycles. The Kier molecular flexibility index (Phi) is 3.40. The molecule has 100 valence electrons. The molecule has 2 heterocycles. The number of sulfonamides is 1. The number of aromatic nitrogens is 2. The standard InChI is InChI=1S/C10H16N4O3S/c1-13-7-5-9(12-13)11-10(15)8-4-3-6-14(8)18(2,16)17/h5,7-8H,3-4,6H2,1-2H3,(H,11,12,15). The quantitative estimate of drug-likeness (QED) is 0.824. The van der Waals surface area contributed by atoms with Gasteiger partial charge >= 0.3 is 0 Å².